The van der Waals surface area contributed by atoms with Crippen LogP contribution in [0, 0.1) is 11.3 Å². The minimum Gasteiger partial charge on any atom is -0.466 e. The summed E-state index contributed by atoms with van der Waals surface area (Å²) in [7, 11) is 0. The molecule has 0 spiro atoms. The number of alkyl halides is 4. The van der Waals surface area contributed by atoms with Crippen molar-refractivity contribution in [1.29, 1.82) is 5.26 Å². The van der Waals surface area contributed by atoms with E-state index in [1.165, 1.54) is 6.07 Å². The molecule has 0 aliphatic rings. The first-order valence-corrected chi connectivity index (χ1v) is 6.37. The molecule has 0 aromatic heterocycles. The Hall–Kier alpha value is -1.94. The van der Waals surface area contributed by atoms with Crippen molar-refractivity contribution in [2.75, 3.05) is 6.61 Å². The number of carbonyl (C=O) groups excluding carboxylic acids is 1. The molecule has 0 aliphatic heterocycles. The maximum Gasteiger partial charge on any atom is 0.573 e. The molecule has 0 aliphatic carbocycles. The molecule has 0 bridgehead atoms. The van der Waals surface area contributed by atoms with Gasteiger partial charge in [-0.2, -0.15) is 5.26 Å². The number of nitrogens with zero attached hydrogens (tertiary/aromatic N) is 1. The van der Waals surface area contributed by atoms with Crippen molar-refractivity contribution in [2.45, 2.75) is 25.6 Å². The predicted octanol–water partition coefficient (Wildman–Crippen LogP) is 3.30. The van der Waals surface area contributed by atoms with Crippen molar-refractivity contribution in [3.63, 3.8) is 0 Å². The third-order valence-electron chi connectivity index (χ3n) is 2.43. The Kier molecular flexibility index (Phi) is 5.85. The van der Waals surface area contributed by atoms with Crippen molar-refractivity contribution < 1.29 is 27.4 Å². The van der Waals surface area contributed by atoms with Gasteiger partial charge in [-0.25, -0.2) is 0 Å². The second-order valence-corrected chi connectivity index (χ2v) is 4.15. The highest BCUT2D eigenvalue weighted by Crippen LogP contribution is 2.31. The van der Waals surface area contributed by atoms with E-state index in [0.717, 1.165) is 6.07 Å². The first-order valence-electron chi connectivity index (χ1n) is 5.84. The quantitative estimate of drug-likeness (QED) is 0.616. The van der Waals surface area contributed by atoms with Gasteiger partial charge in [0.1, 0.15) is 5.75 Å². The monoisotopic (exact) mass is 321 g/mol. The van der Waals surface area contributed by atoms with Crippen molar-refractivity contribution in [1.82, 2.24) is 0 Å². The van der Waals surface area contributed by atoms with Crippen molar-refractivity contribution in [2.24, 2.45) is 0 Å². The number of hydrogen-bond donors (Lipinski definition) is 0. The highest BCUT2D eigenvalue weighted by molar-refractivity contribution is 6.17. The van der Waals surface area contributed by atoms with Crippen molar-refractivity contribution in [3.05, 3.63) is 28.8 Å². The Morgan fingerprint density at radius 3 is 2.57 bits per heavy atom. The number of benzene rings is 1. The van der Waals surface area contributed by atoms with E-state index in [9.17, 15) is 18.0 Å². The Bertz CT molecular complexity index is 567. The summed E-state index contributed by atoms with van der Waals surface area (Å²) in [6, 6.07) is 3.94. The van der Waals surface area contributed by atoms with Crippen LogP contribution >= 0.6 is 11.6 Å². The molecule has 1 aromatic carbocycles. The lowest BCUT2D eigenvalue weighted by molar-refractivity contribution is -0.275. The van der Waals surface area contributed by atoms with Crippen LogP contribution in [-0.4, -0.2) is 18.9 Å². The zero-order valence-electron chi connectivity index (χ0n) is 11.0. The fourth-order valence-corrected chi connectivity index (χ4v) is 1.90. The van der Waals surface area contributed by atoms with Crippen LogP contribution in [0.1, 0.15) is 23.6 Å². The third-order valence-corrected chi connectivity index (χ3v) is 2.71. The molecule has 0 amide bonds. The van der Waals surface area contributed by atoms with Crippen LogP contribution in [0.15, 0.2) is 12.1 Å². The Morgan fingerprint density at radius 2 is 2.10 bits per heavy atom. The van der Waals surface area contributed by atoms with Crippen molar-refractivity contribution in [3.8, 4) is 11.8 Å². The number of esters is 1. The highest BCUT2D eigenvalue weighted by atomic mass is 35.5. The van der Waals surface area contributed by atoms with Gasteiger partial charge < -0.3 is 9.47 Å². The molecule has 4 nitrogen and oxygen atoms in total. The Balaban J connectivity index is 3.29. The summed E-state index contributed by atoms with van der Waals surface area (Å²) in [5.74, 6) is -1.50. The van der Waals surface area contributed by atoms with Gasteiger partial charge in [0.2, 0.25) is 0 Å². The number of ether oxygens (including phenoxy) is 2. The van der Waals surface area contributed by atoms with Gasteiger partial charge in [0.15, 0.2) is 0 Å². The second kappa shape index (κ2) is 7.18. The molecule has 1 aromatic rings. The fourth-order valence-electron chi connectivity index (χ4n) is 1.66. The summed E-state index contributed by atoms with van der Waals surface area (Å²) < 4.78 is 45.9. The molecule has 21 heavy (non-hydrogen) atoms. The number of hydrogen-bond acceptors (Lipinski definition) is 4. The molecule has 0 saturated carbocycles. The van der Waals surface area contributed by atoms with Gasteiger partial charge in [-0.15, -0.1) is 24.8 Å². The average molecular weight is 322 g/mol. The molecule has 0 unspecified atom stereocenters. The summed E-state index contributed by atoms with van der Waals surface area (Å²) in [5.41, 5.74) is 0.125. The predicted molar refractivity (Wildman–Crippen MR) is 67.7 cm³/mol. The van der Waals surface area contributed by atoms with Crippen LogP contribution in [-0.2, 0) is 21.8 Å². The molecule has 0 radical (unpaired) electrons. The number of halogens is 4. The average Bonchev–Trinajstić information content (AvgIpc) is 2.39. The van der Waals surface area contributed by atoms with E-state index < -0.39 is 24.5 Å². The molecular formula is C13H11ClF3NO3. The van der Waals surface area contributed by atoms with Gasteiger partial charge in [0.05, 0.1) is 24.7 Å². The SMILES string of the molecule is CCOC(=O)Cc1c(CCl)cc(C#N)cc1OC(F)(F)F. The van der Waals surface area contributed by atoms with E-state index in [1.54, 1.807) is 13.0 Å². The van der Waals surface area contributed by atoms with Gasteiger partial charge >= 0.3 is 12.3 Å². The third kappa shape index (κ3) is 5.16. The maximum atomic E-state index is 12.4. The lowest BCUT2D eigenvalue weighted by atomic mass is 10.0. The molecule has 8 heteroatoms. The number of rotatable bonds is 5. The molecule has 0 heterocycles. The summed E-state index contributed by atoms with van der Waals surface area (Å²) in [4.78, 5) is 11.5. The van der Waals surface area contributed by atoms with E-state index in [1.807, 2.05) is 0 Å². The van der Waals surface area contributed by atoms with Gasteiger partial charge in [-0.05, 0) is 24.6 Å². The van der Waals surface area contributed by atoms with Crippen LogP contribution in [0.3, 0.4) is 0 Å². The number of carbonyl (C=O) groups is 1. The summed E-state index contributed by atoms with van der Waals surface area (Å²) >= 11 is 5.67. The Morgan fingerprint density at radius 1 is 1.43 bits per heavy atom. The van der Waals surface area contributed by atoms with Gasteiger partial charge in [-0.3, -0.25) is 4.79 Å². The lowest BCUT2D eigenvalue weighted by Gasteiger charge is -2.16. The van der Waals surface area contributed by atoms with Crippen LogP contribution in [0.5, 0.6) is 5.75 Å². The zero-order chi connectivity index (χ0) is 16.0. The maximum absolute atomic E-state index is 12.4. The van der Waals surface area contributed by atoms with Crippen LogP contribution < -0.4 is 4.74 Å². The Labute approximate surface area is 124 Å². The molecule has 0 saturated heterocycles. The van der Waals surface area contributed by atoms with E-state index in [2.05, 4.69) is 4.74 Å². The largest absolute Gasteiger partial charge is 0.573 e. The molecule has 0 fully saturated rings. The molecule has 114 valence electrons. The van der Waals surface area contributed by atoms with Gasteiger partial charge in [0, 0.05) is 11.4 Å². The summed E-state index contributed by atoms with van der Waals surface area (Å²) in [6.07, 6.45) is -5.37. The second-order valence-electron chi connectivity index (χ2n) is 3.89. The van der Waals surface area contributed by atoms with Crippen LogP contribution in [0.4, 0.5) is 13.2 Å². The van der Waals surface area contributed by atoms with E-state index in [4.69, 9.17) is 21.6 Å². The first-order chi connectivity index (χ1) is 9.80. The van der Waals surface area contributed by atoms with Crippen LogP contribution in [0.25, 0.3) is 0 Å². The smallest absolute Gasteiger partial charge is 0.466 e. The first kappa shape index (κ1) is 17.1. The zero-order valence-corrected chi connectivity index (χ0v) is 11.7. The molecule has 1 rings (SSSR count). The normalized spacial score (nSPS) is 10.9. The van der Waals surface area contributed by atoms with Gasteiger partial charge in [-0.1, -0.05) is 0 Å². The topological polar surface area (TPSA) is 59.3 Å². The van der Waals surface area contributed by atoms with E-state index >= 15 is 0 Å². The summed E-state index contributed by atoms with van der Waals surface area (Å²) in [5, 5.41) is 8.82. The van der Waals surface area contributed by atoms with E-state index in [-0.39, 0.29) is 29.2 Å². The van der Waals surface area contributed by atoms with Crippen LogP contribution in [0.2, 0.25) is 0 Å². The fraction of sp³-hybridized carbons (Fsp3) is 0.385. The minimum atomic E-state index is -4.94. The minimum absolute atomic E-state index is 0.0419. The van der Waals surface area contributed by atoms with Gasteiger partial charge in [0.25, 0.3) is 0 Å². The number of nitriles is 1. The van der Waals surface area contributed by atoms with Crippen molar-refractivity contribution >= 4 is 17.6 Å². The molecule has 0 N–H and O–H groups in total. The summed E-state index contributed by atoms with van der Waals surface area (Å²) in [6.45, 7) is 1.67. The standard InChI is InChI=1S/C13H11ClF3NO3/c1-2-20-12(19)5-10-9(6-14)3-8(7-18)4-11(10)21-13(15,16)17/h3-4H,2,5-6H2,1H3. The molecule has 0 atom stereocenters. The highest BCUT2D eigenvalue weighted by Gasteiger charge is 2.33. The molecular weight excluding hydrogens is 311 g/mol. The van der Waals surface area contributed by atoms with E-state index in [0.29, 0.717) is 0 Å². The lowest BCUT2D eigenvalue weighted by Crippen LogP contribution is -2.20.